The minimum Gasteiger partial charge on any atom is -0.465 e. The minimum absolute atomic E-state index is 0.0233. The number of methoxy groups -OCH3 is 1. The quantitative estimate of drug-likeness (QED) is 0.840. The van der Waals surface area contributed by atoms with Crippen LogP contribution in [0, 0.1) is 5.41 Å². The fourth-order valence-electron chi connectivity index (χ4n) is 2.31. The Balaban J connectivity index is 2.19. The maximum absolute atomic E-state index is 12.1. The van der Waals surface area contributed by atoms with Crippen LogP contribution in [0.4, 0.5) is 0 Å². The number of carbonyl (C=O) groups excluding carboxylic acids is 2. The van der Waals surface area contributed by atoms with Gasteiger partial charge in [-0.25, -0.2) is 4.79 Å². The first-order valence-electron chi connectivity index (χ1n) is 7.08. The van der Waals surface area contributed by atoms with Crippen molar-refractivity contribution in [2.75, 3.05) is 26.0 Å². The average Bonchev–Trinajstić information content (AvgIpc) is 2.87. The van der Waals surface area contributed by atoms with Crippen LogP contribution < -0.4 is 0 Å². The van der Waals surface area contributed by atoms with E-state index < -0.39 is 0 Å². The van der Waals surface area contributed by atoms with Crippen molar-refractivity contribution >= 4 is 23.6 Å². The van der Waals surface area contributed by atoms with E-state index in [-0.39, 0.29) is 29.3 Å². The van der Waals surface area contributed by atoms with Crippen LogP contribution >= 0.6 is 11.8 Å². The average molecular weight is 323 g/mol. The van der Waals surface area contributed by atoms with Crippen LogP contribution in [0.25, 0.3) is 0 Å². The number of carbonyl (C=O) groups is 2. The zero-order valence-electron chi connectivity index (χ0n) is 13.0. The van der Waals surface area contributed by atoms with Gasteiger partial charge in [0.2, 0.25) is 5.91 Å². The molecule has 6 heteroatoms. The molecule has 1 aliphatic rings. The molecule has 1 saturated heterocycles. The molecule has 1 aromatic carbocycles. The van der Waals surface area contributed by atoms with Gasteiger partial charge >= 0.3 is 5.97 Å². The van der Waals surface area contributed by atoms with E-state index in [0.717, 1.165) is 5.56 Å². The molecule has 1 amide bonds. The number of nitrogens with zero attached hydrogens (tertiary/aromatic N) is 1. The summed E-state index contributed by atoms with van der Waals surface area (Å²) >= 11 is 1.56. The molecular weight excluding hydrogens is 302 g/mol. The molecular formula is C16H21NO4S. The lowest BCUT2D eigenvalue weighted by Crippen LogP contribution is -2.38. The lowest BCUT2D eigenvalue weighted by molar-refractivity contribution is -0.129. The summed E-state index contributed by atoms with van der Waals surface area (Å²) in [5.41, 5.74) is 1.12. The van der Waals surface area contributed by atoms with Crippen molar-refractivity contribution < 1.29 is 19.4 Å². The van der Waals surface area contributed by atoms with Crippen LogP contribution in [0.15, 0.2) is 24.3 Å². The number of aliphatic hydroxyl groups excluding tert-OH is 1. The Kier molecular flexibility index (Phi) is 5.13. The first-order chi connectivity index (χ1) is 10.4. The summed E-state index contributed by atoms with van der Waals surface area (Å²) in [5.74, 6) is 0.138. The number of aliphatic hydroxyl groups is 1. The highest BCUT2D eigenvalue weighted by Gasteiger charge is 2.36. The molecule has 0 spiro atoms. The third kappa shape index (κ3) is 3.62. The molecule has 1 aromatic rings. The fourth-order valence-corrected chi connectivity index (χ4v) is 3.50. The van der Waals surface area contributed by atoms with Gasteiger partial charge in [-0.2, -0.15) is 0 Å². The molecule has 0 bridgehead atoms. The molecule has 1 heterocycles. The normalized spacial score (nSPS) is 18.6. The minimum atomic E-state index is -0.375. The number of rotatable bonds is 5. The molecule has 1 atom stereocenters. The summed E-state index contributed by atoms with van der Waals surface area (Å²) in [5, 5.41) is 9.35. The van der Waals surface area contributed by atoms with Crippen LogP contribution in [0.3, 0.4) is 0 Å². The molecule has 0 aromatic heterocycles. The first-order valence-corrected chi connectivity index (χ1v) is 8.13. The third-order valence-electron chi connectivity index (χ3n) is 3.61. The summed E-state index contributed by atoms with van der Waals surface area (Å²) in [6.45, 7) is 4.38. The second-order valence-corrected chi connectivity index (χ2v) is 7.19. The van der Waals surface area contributed by atoms with Gasteiger partial charge in [-0.3, -0.25) is 4.79 Å². The Morgan fingerprint density at radius 2 is 2.05 bits per heavy atom. The van der Waals surface area contributed by atoms with Gasteiger partial charge in [0.25, 0.3) is 0 Å². The highest BCUT2D eigenvalue weighted by Crippen LogP contribution is 2.40. The maximum atomic E-state index is 12.1. The van der Waals surface area contributed by atoms with Crippen molar-refractivity contribution in [1.82, 2.24) is 4.90 Å². The van der Waals surface area contributed by atoms with Crippen molar-refractivity contribution in [3.8, 4) is 0 Å². The van der Waals surface area contributed by atoms with Crippen molar-refractivity contribution in [1.29, 1.82) is 0 Å². The van der Waals surface area contributed by atoms with Crippen LogP contribution in [-0.4, -0.2) is 47.9 Å². The molecule has 22 heavy (non-hydrogen) atoms. The summed E-state index contributed by atoms with van der Waals surface area (Å²) in [6.07, 6.45) is 0. The summed E-state index contributed by atoms with van der Waals surface area (Å²) in [7, 11) is 1.35. The van der Waals surface area contributed by atoms with Crippen molar-refractivity contribution in [2.24, 2.45) is 5.41 Å². The van der Waals surface area contributed by atoms with E-state index in [0.29, 0.717) is 17.9 Å². The number of esters is 1. The van der Waals surface area contributed by atoms with E-state index in [1.807, 2.05) is 26.0 Å². The van der Waals surface area contributed by atoms with Gasteiger partial charge in [-0.1, -0.05) is 26.0 Å². The standard InChI is InChI=1S/C16H21NO4S/c1-16(2,10-18)9-17-13(19)8-22-14(17)11-4-6-12(7-5-11)15(20)21-3/h4-7,14,18H,8-10H2,1-3H3. The van der Waals surface area contributed by atoms with Gasteiger partial charge in [-0.15, -0.1) is 11.8 Å². The highest BCUT2D eigenvalue weighted by atomic mass is 32.2. The lowest BCUT2D eigenvalue weighted by Gasteiger charge is -2.32. The maximum Gasteiger partial charge on any atom is 0.337 e. The van der Waals surface area contributed by atoms with E-state index in [2.05, 4.69) is 4.74 Å². The zero-order chi connectivity index (χ0) is 16.3. The fraction of sp³-hybridized carbons (Fsp3) is 0.500. The second kappa shape index (κ2) is 6.71. The SMILES string of the molecule is COC(=O)c1ccc(C2SCC(=O)N2CC(C)(C)CO)cc1. The Labute approximate surface area is 134 Å². The predicted molar refractivity (Wildman–Crippen MR) is 85.6 cm³/mol. The highest BCUT2D eigenvalue weighted by molar-refractivity contribution is 8.00. The Hall–Kier alpha value is -1.53. The zero-order valence-corrected chi connectivity index (χ0v) is 13.9. The van der Waals surface area contributed by atoms with Crippen LogP contribution in [0.2, 0.25) is 0 Å². The molecule has 120 valence electrons. The monoisotopic (exact) mass is 323 g/mol. The molecule has 5 nitrogen and oxygen atoms in total. The second-order valence-electron chi connectivity index (χ2n) is 6.12. The van der Waals surface area contributed by atoms with Crippen molar-refractivity contribution in [3.05, 3.63) is 35.4 Å². The number of benzene rings is 1. The van der Waals surface area contributed by atoms with Crippen LogP contribution in [-0.2, 0) is 9.53 Å². The van der Waals surface area contributed by atoms with Gasteiger partial charge in [0, 0.05) is 18.6 Å². The largest absolute Gasteiger partial charge is 0.465 e. The number of hydrogen-bond donors (Lipinski definition) is 1. The molecule has 1 fully saturated rings. The smallest absolute Gasteiger partial charge is 0.337 e. The van der Waals surface area contributed by atoms with Gasteiger partial charge in [0.1, 0.15) is 5.37 Å². The van der Waals surface area contributed by atoms with Crippen molar-refractivity contribution in [3.63, 3.8) is 0 Å². The molecule has 0 aliphatic carbocycles. The molecule has 1 unspecified atom stereocenters. The van der Waals surface area contributed by atoms with Gasteiger partial charge < -0.3 is 14.7 Å². The lowest BCUT2D eigenvalue weighted by atomic mass is 9.94. The summed E-state index contributed by atoms with van der Waals surface area (Å²) in [4.78, 5) is 25.4. The van der Waals surface area contributed by atoms with Gasteiger partial charge in [0.15, 0.2) is 0 Å². The van der Waals surface area contributed by atoms with Crippen LogP contribution in [0.1, 0.15) is 35.1 Å². The van der Waals surface area contributed by atoms with E-state index in [9.17, 15) is 14.7 Å². The number of hydrogen-bond acceptors (Lipinski definition) is 5. The van der Waals surface area contributed by atoms with E-state index in [4.69, 9.17) is 0 Å². The molecule has 1 N–H and O–H groups in total. The molecule has 1 aliphatic heterocycles. The Morgan fingerprint density at radius 3 is 2.59 bits per heavy atom. The topological polar surface area (TPSA) is 66.8 Å². The first kappa shape index (κ1) is 16.8. The number of ether oxygens (including phenoxy) is 1. The van der Waals surface area contributed by atoms with E-state index >= 15 is 0 Å². The molecule has 0 radical (unpaired) electrons. The van der Waals surface area contributed by atoms with E-state index in [1.54, 1.807) is 28.8 Å². The van der Waals surface area contributed by atoms with Crippen molar-refractivity contribution in [2.45, 2.75) is 19.2 Å². The van der Waals surface area contributed by atoms with Gasteiger partial charge in [-0.05, 0) is 17.7 Å². The number of amides is 1. The number of thioether (sulfide) groups is 1. The third-order valence-corrected chi connectivity index (χ3v) is 4.87. The predicted octanol–water partition coefficient (Wildman–Crippen LogP) is 2.07. The Bertz CT molecular complexity index is 556. The van der Waals surface area contributed by atoms with Crippen LogP contribution in [0.5, 0.6) is 0 Å². The summed E-state index contributed by atoms with van der Waals surface area (Å²) in [6, 6.07) is 7.11. The molecule has 0 saturated carbocycles. The van der Waals surface area contributed by atoms with E-state index in [1.165, 1.54) is 7.11 Å². The molecule has 2 rings (SSSR count). The Morgan fingerprint density at radius 1 is 1.41 bits per heavy atom. The van der Waals surface area contributed by atoms with Gasteiger partial charge in [0.05, 0.1) is 18.4 Å². The summed E-state index contributed by atoms with van der Waals surface area (Å²) < 4.78 is 4.68.